The Morgan fingerprint density at radius 3 is 2.56 bits per heavy atom. The third-order valence-corrected chi connectivity index (χ3v) is 1.81. The lowest BCUT2D eigenvalue weighted by Crippen LogP contribution is -2.16. The van der Waals surface area contributed by atoms with E-state index in [4.69, 9.17) is 10.2 Å². The van der Waals surface area contributed by atoms with Crippen LogP contribution in [0.1, 0.15) is 18.0 Å². The van der Waals surface area contributed by atoms with Gasteiger partial charge in [-0.3, -0.25) is 9.59 Å². The largest absolute Gasteiger partial charge is 0.481 e. The molecule has 0 radical (unpaired) electrons. The molecule has 0 fully saturated rings. The summed E-state index contributed by atoms with van der Waals surface area (Å²) in [4.78, 5) is 30.6. The zero-order valence-corrected chi connectivity index (χ0v) is 7.78. The molecule has 3 N–H and O–H groups in total. The molecule has 1 heterocycles. The zero-order chi connectivity index (χ0) is 12.3. The van der Waals surface area contributed by atoms with Gasteiger partial charge in [0, 0.05) is 0 Å². The van der Waals surface area contributed by atoms with Crippen molar-refractivity contribution >= 4 is 17.8 Å². The summed E-state index contributed by atoms with van der Waals surface area (Å²) >= 11 is 0. The Bertz CT molecular complexity index is 439. The highest BCUT2D eigenvalue weighted by molar-refractivity contribution is 5.82. The summed E-state index contributed by atoms with van der Waals surface area (Å²) < 4.78 is 0. The number of H-pyrrole nitrogens is 1. The molecule has 0 amide bonds. The molecule has 0 bridgehead atoms. The first-order chi connectivity index (χ1) is 7.41. The number of aliphatic carboxylic acids is 2. The second-order valence-electron chi connectivity index (χ2n) is 2.92. The van der Waals surface area contributed by atoms with E-state index in [1.54, 1.807) is 0 Å². The average molecular weight is 229 g/mol. The normalized spacial score (nSPS) is 12.0. The fourth-order valence-corrected chi connectivity index (χ4v) is 1.09. The number of hydrogen-bond acceptors (Lipinski definition) is 5. The molecule has 16 heavy (non-hydrogen) atoms. The van der Waals surface area contributed by atoms with E-state index in [1.807, 2.05) is 5.10 Å². The van der Waals surface area contributed by atoms with Crippen LogP contribution in [-0.4, -0.2) is 37.3 Å². The number of rotatable bonds is 5. The summed E-state index contributed by atoms with van der Waals surface area (Å²) in [7, 11) is 0. The molecular weight excluding hydrogens is 222 g/mol. The van der Waals surface area contributed by atoms with Crippen LogP contribution in [0.25, 0.3) is 0 Å². The van der Waals surface area contributed by atoms with Gasteiger partial charge < -0.3 is 20.3 Å². The van der Waals surface area contributed by atoms with Gasteiger partial charge in [-0.05, 0) is 4.92 Å². The molecule has 0 aliphatic heterocycles. The van der Waals surface area contributed by atoms with Crippen molar-refractivity contribution in [3.8, 4) is 0 Å². The Hall–Kier alpha value is -2.45. The molecule has 0 aliphatic rings. The predicted octanol–water partition coefficient (Wildman–Crippen LogP) is -0.0392. The van der Waals surface area contributed by atoms with Gasteiger partial charge in [0.15, 0.2) is 0 Å². The maximum atomic E-state index is 10.7. The van der Waals surface area contributed by atoms with Crippen molar-refractivity contribution in [2.45, 2.75) is 12.3 Å². The molecule has 1 rings (SSSR count). The Balaban J connectivity index is 2.97. The predicted molar refractivity (Wildman–Crippen MR) is 47.9 cm³/mol. The first kappa shape index (κ1) is 11.6. The van der Waals surface area contributed by atoms with E-state index >= 15 is 0 Å². The number of nitrogens with zero attached hydrogens (tertiary/aromatic N) is 2. The maximum absolute atomic E-state index is 10.7. The smallest absolute Gasteiger partial charge is 0.342 e. The number of hydrogen-bond donors (Lipinski definition) is 3. The van der Waals surface area contributed by atoms with Crippen molar-refractivity contribution < 1.29 is 24.7 Å². The molecule has 9 heteroatoms. The second-order valence-corrected chi connectivity index (χ2v) is 2.92. The van der Waals surface area contributed by atoms with Gasteiger partial charge in [-0.25, -0.2) is 0 Å². The number of aromatic amines is 1. The van der Waals surface area contributed by atoms with E-state index in [1.165, 1.54) is 0 Å². The summed E-state index contributed by atoms with van der Waals surface area (Å²) in [6, 6.07) is 0.904. The fourth-order valence-electron chi connectivity index (χ4n) is 1.09. The van der Waals surface area contributed by atoms with Crippen LogP contribution in [0.2, 0.25) is 0 Å². The minimum atomic E-state index is -1.40. The summed E-state index contributed by atoms with van der Waals surface area (Å²) in [6.45, 7) is 0. The number of carbonyl (C=O) groups is 2. The lowest BCUT2D eigenvalue weighted by atomic mass is 10.0. The van der Waals surface area contributed by atoms with Crippen LogP contribution in [0.5, 0.6) is 0 Å². The molecule has 1 aromatic heterocycles. The number of nitrogens with one attached hydrogen (secondary N) is 1. The third-order valence-electron chi connectivity index (χ3n) is 1.81. The van der Waals surface area contributed by atoms with Crippen LogP contribution in [0.15, 0.2) is 6.07 Å². The standard InChI is InChI=1S/C7H7N3O6/c11-6(12)1-3(7(13)14)4-2-5(9-8-4)10(15)16/h2-3H,1H2,(H,8,9)(H,11,12)(H,13,14). The molecule has 0 aromatic carbocycles. The van der Waals surface area contributed by atoms with E-state index in [-0.39, 0.29) is 5.69 Å². The number of carboxylic acids is 2. The summed E-state index contributed by atoms with van der Waals surface area (Å²) in [5.41, 5.74) is -0.179. The van der Waals surface area contributed by atoms with Crippen molar-refractivity contribution in [1.82, 2.24) is 10.2 Å². The van der Waals surface area contributed by atoms with Gasteiger partial charge in [0.2, 0.25) is 0 Å². The lowest BCUT2D eigenvalue weighted by Gasteiger charge is -2.03. The third kappa shape index (κ3) is 2.53. The molecule has 0 spiro atoms. The highest BCUT2D eigenvalue weighted by Gasteiger charge is 2.28. The van der Waals surface area contributed by atoms with Gasteiger partial charge in [-0.1, -0.05) is 5.10 Å². The molecule has 1 atom stereocenters. The molecule has 1 aromatic rings. The SMILES string of the molecule is O=C(O)CC(C(=O)O)c1cc([N+](=O)[O-])[nH]n1. The van der Waals surface area contributed by atoms with E-state index in [9.17, 15) is 19.7 Å². The summed E-state index contributed by atoms with van der Waals surface area (Å²) in [6.07, 6.45) is -0.683. The van der Waals surface area contributed by atoms with Gasteiger partial charge in [0.1, 0.15) is 11.6 Å². The van der Waals surface area contributed by atoms with E-state index in [2.05, 4.69) is 5.10 Å². The van der Waals surface area contributed by atoms with Crippen LogP contribution in [0.4, 0.5) is 5.82 Å². The number of carboxylic acid groups (broad SMARTS) is 2. The quantitative estimate of drug-likeness (QED) is 0.474. The Morgan fingerprint density at radius 2 is 2.19 bits per heavy atom. The van der Waals surface area contributed by atoms with Crippen molar-refractivity contribution in [1.29, 1.82) is 0 Å². The molecule has 0 saturated heterocycles. The van der Waals surface area contributed by atoms with Crippen LogP contribution in [0, 0.1) is 10.1 Å². The highest BCUT2D eigenvalue weighted by Crippen LogP contribution is 2.21. The van der Waals surface area contributed by atoms with Crippen LogP contribution in [0.3, 0.4) is 0 Å². The Morgan fingerprint density at radius 1 is 1.56 bits per heavy atom. The Labute approximate surface area is 87.9 Å². The summed E-state index contributed by atoms with van der Waals surface area (Å²) in [5.74, 6) is -4.60. The van der Waals surface area contributed by atoms with Crippen LogP contribution >= 0.6 is 0 Å². The van der Waals surface area contributed by atoms with Gasteiger partial charge in [-0.15, -0.1) is 5.10 Å². The number of aromatic nitrogens is 2. The zero-order valence-electron chi connectivity index (χ0n) is 7.78. The minimum absolute atomic E-state index is 0.179. The van der Waals surface area contributed by atoms with E-state index in [0.29, 0.717) is 0 Å². The average Bonchev–Trinajstić information content (AvgIpc) is 2.61. The molecule has 0 aliphatic carbocycles. The topological polar surface area (TPSA) is 146 Å². The van der Waals surface area contributed by atoms with Crippen molar-refractivity contribution in [3.63, 3.8) is 0 Å². The summed E-state index contributed by atoms with van der Waals surface area (Å²) in [5, 5.41) is 32.9. The van der Waals surface area contributed by atoms with E-state index < -0.39 is 35.0 Å². The van der Waals surface area contributed by atoms with Gasteiger partial charge in [-0.2, -0.15) is 0 Å². The van der Waals surface area contributed by atoms with Gasteiger partial charge in [0.25, 0.3) is 0 Å². The van der Waals surface area contributed by atoms with Gasteiger partial charge >= 0.3 is 17.8 Å². The van der Waals surface area contributed by atoms with Crippen LogP contribution in [-0.2, 0) is 9.59 Å². The fraction of sp³-hybridized carbons (Fsp3) is 0.286. The van der Waals surface area contributed by atoms with Crippen molar-refractivity contribution in [2.75, 3.05) is 0 Å². The molecule has 1 unspecified atom stereocenters. The molecule has 0 saturated carbocycles. The van der Waals surface area contributed by atoms with Crippen LogP contribution < -0.4 is 0 Å². The molecular formula is C7H7N3O6. The van der Waals surface area contributed by atoms with Crippen molar-refractivity contribution in [2.24, 2.45) is 0 Å². The number of nitro groups is 1. The highest BCUT2D eigenvalue weighted by atomic mass is 16.6. The van der Waals surface area contributed by atoms with Crippen molar-refractivity contribution in [3.05, 3.63) is 21.9 Å². The Kier molecular flexibility index (Phi) is 3.18. The second kappa shape index (κ2) is 4.38. The first-order valence-electron chi connectivity index (χ1n) is 4.06. The monoisotopic (exact) mass is 229 g/mol. The minimum Gasteiger partial charge on any atom is -0.481 e. The molecule has 9 nitrogen and oxygen atoms in total. The maximum Gasteiger partial charge on any atom is 0.342 e. The van der Waals surface area contributed by atoms with Gasteiger partial charge in [0.05, 0.1) is 12.5 Å². The van der Waals surface area contributed by atoms with E-state index in [0.717, 1.165) is 6.07 Å². The lowest BCUT2D eigenvalue weighted by molar-refractivity contribution is -0.389. The molecule has 86 valence electrons. The first-order valence-corrected chi connectivity index (χ1v) is 4.06.